The van der Waals surface area contributed by atoms with Crippen molar-refractivity contribution in [3.8, 4) is 11.1 Å². The number of aromatic nitrogens is 3. The summed E-state index contributed by atoms with van der Waals surface area (Å²) in [7, 11) is 0. The van der Waals surface area contributed by atoms with Gasteiger partial charge in [-0.15, -0.1) is 0 Å². The third-order valence-corrected chi connectivity index (χ3v) is 5.53. The first kappa shape index (κ1) is 19.4. The van der Waals surface area contributed by atoms with Crippen LogP contribution in [-0.2, 0) is 4.74 Å². The molecule has 0 unspecified atom stereocenters. The predicted octanol–water partition coefficient (Wildman–Crippen LogP) is 4.49. The van der Waals surface area contributed by atoms with Crippen molar-refractivity contribution in [3.05, 3.63) is 53.2 Å². The number of ether oxygens (including phenoxy) is 1. The first-order chi connectivity index (χ1) is 14.0. The van der Waals surface area contributed by atoms with Crippen LogP contribution < -0.4 is 0 Å². The fraction of sp³-hybridized carbons (Fsp3) is 0.409. The van der Waals surface area contributed by atoms with E-state index in [1.165, 1.54) is 12.1 Å². The summed E-state index contributed by atoms with van der Waals surface area (Å²) in [6.07, 6.45) is 1.46. The fourth-order valence-corrected chi connectivity index (χ4v) is 4.03. The molecule has 0 spiro atoms. The number of rotatable bonds is 3. The van der Waals surface area contributed by atoms with Gasteiger partial charge in [-0.25, -0.2) is 18.7 Å². The molecular formula is C22H25FN4O2. The Hall–Kier alpha value is -2.96. The largest absolute Gasteiger partial charge is 0.450 e. The molecule has 1 aromatic carbocycles. The van der Waals surface area contributed by atoms with E-state index in [1.54, 1.807) is 17.0 Å². The SMILES string of the molecule is CCOC(=O)N1CCC(c2cc(C)n3nc(C)c(-c4ccc(F)cc4)c3n2)CC1. The normalized spacial score (nSPS) is 15.1. The molecule has 7 heteroatoms. The number of hydrogen-bond acceptors (Lipinski definition) is 4. The van der Waals surface area contributed by atoms with Crippen LogP contribution in [0, 0.1) is 19.7 Å². The van der Waals surface area contributed by atoms with Crippen molar-refractivity contribution in [3.63, 3.8) is 0 Å². The molecule has 1 amide bonds. The standard InChI is InChI=1S/C22H25FN4O2/c1-4-29-22(28)26-11-9-16(10-12-26)19-13-14(2)27-21(24-19)20(15(3)25-27)17-5-7-18(23)8-6-17/h5-8,13,16H,4,9-12H2,1-3H3. The zero-order chi connectivity index (χ0) is 20.5. The number of benzene rings is 1. The number of amides is 1. The number of hydrogen-bond donors (Lipinski definition) is 0. The Labute approximate surface area is 169 Å². The number of aryl methyl sites for hydroxylation is 2. The number of piperidine rings is 1. The summed E-state index contributed by atoms with van der Waals surface area (Å²) in [5.41, 5.74) is 5.51. The lowest BCUT2D eigenvalue weighted by Crippen LogP contribution is -2.38. The summed E-state index contributed by atoms with van der Waals surface area (Å²) in [4.78, 5) is 18.7. The van der Waals surface area contributed by atoms with Gasteiger partial charge < -0.3 is 9.64 Å². The van der Waals surface area contributed by atoms with Crippen LogP contribution in [0.25, 0.3) is 16.8 Å². The van der Waals surface area contributed by atoms with E-state index in [-0.39, 0.29) is 17.8 Å². The van der Waals surface area contributed by atoms with Crippen molar-refractivity contribution in [1.82, 2.24) is 19.5 Å². The Balaban J connectivity index is 1.66. The van der Waals surface area contributed by atoms with Crippen LogP contribution in [0.3, 0.4) is 0 Å². The molecule has 0 bridgehead atoms. The van der Waals surface area contributed by atoms with E-state index in [2.05, 4.69) is 11.2 Å². The smallest absolute Gasteiger partial charge is 0.409 e. The summed E-state index contributed by atoms with van der Waals surface area (Å²) in [6.45, 7) is 7.51. The van der Waals surface area contributed by atoms with Crippen molar-refractivity contribution in [2.45, 2.75) is 39.5 Å². The van der Waals surface area contributed by atoms with Gasteiger partial charge in [0.15, 0.2) is 5.65 Å². The first-order valence-corrected chi connectivity index (χ1v) is 10.0. The van der Waals surface area contributed by atoms with Crippen molar-refractivity contribution in [1.29, 1.82) is 0 Å². The molecule has 4 rings (SSSR count). The quantitative estimate of drug-likeness (QED) is 0.655. The monoisotopic (exact) mass is 396 g/mol. The Bertz CT molecular complexity index is 1040. The van der Waals surface area contributed by atoms with Gasteiger partial charge in [0.05, 0.1) is 12.3 Å². The molecule has 0 aliphatic carbocycles. The molecule has 0 radical (unpaired) electrons. The Morgan fingerprint density at radius 1 is 1.21 bits per heavy atom. The molecular weight excluding hydrogens is 371 g/mol. The highest BCUT2D eigenvalue weighted by Crippen LogP contribution is 2.32. The minimum Gasteiger partial charge on any atom is -0.450 e. The van der Waals surface area contributed by atoms with Gasteiger partial charge in [0.25, 0.3) is 0 Å². The Kier molecular flexibility index (Phi) is 5.22. The maximum atomic E-state index is 13.4. The van der Waals surface area contributed by atoms with Crippen LogP contribution in [0.4, 0.5) is 9.18 Å². The van der Waals surface area contributed by atoms with Crippen molar-refractivity contribution in [2.75, 3.05) is 19.7 Å². The van der Waals surface area contributed by atoms with Crippen LogP contribution >= 0.6 is 0 Å². The number of carbonyl (C=O) groups excluding carboxylic acids is 1. The maximum Gasteiger partial charge on any atom is 0.409 e. The molecule has 0 saturated carbocycles. The van der Waals surface area contributed by atoms with Crippen LogP contribution in [0.5, 0.6) is 0 Å². The highest BCUT2D eigenvalue weighted by Gasteiger charge is 2.26. The van der Waals surface area contributed by atoms with Crippen molar-refractivity contribution >= 4 is 11.7 Å². The second-order valence-corrected chi connectivity index (χ2v) is 7.49. The Morgan fingerprint density at radius 2 is 1.90 bits per heavy atom. The molecule has 1 saturated heterocycles. The second-order valence-electron chi connectivity index (χ2n) is 7.49. The molecule has 1 aliphatic heterocycles. The van der Waals surface area contributed by atoms with E-state index >= 15 is 0 Å². The molecule has 1 aliphatic rings. The third-order valence-electron chi connectivity index (χ3n) is 5.53. The van der Waals surface area contributed by atoms with E-state index in [1.807, 2.05) is 25.3 Å². The number of nitrogens with zero attached hydrogens (tertiary/aromatic N) is 4. The predicted molar refractivity (Wildman–Crippen MR) is 108 cm³/mol. The summed E-state index contributed by atoms with van der Waals surface area (Å²) in [5, 5.41) is 4.64. The van der Waals surface area contributed by atoms with E-state index in [0.717, 1.165) is 46.7 Å². The summed E-state index contributed by atoms with van der Waals surface area (Å²) in [6, 6.07) is 8.53. The van der Waals surface area contributed by atoms with Crippen LogP contribution in [0.1, 0.15) is 42.8 Å². The molecule has 6 nitrogen and oxygen atoms in total. The molecule has 3 aromatic rings. The molecule has 3 heterocycles. The van der Waals surface area contributed by atoms with E-state index in [9.17, 15) is 9.18 Å². The van der Waals surface area contributed by atoms with Gasteiger partial charge in [-0.05, 0) is 57.4 Å². The highest BCUT2D eigenvalue weighted by molar-refractivity contribution is 5.80. The topological polar surface area (TPSA) is 59.7 Å². The minimum absolute atomic E-state index is 0.240. The highest BCUT2D eigenvalue weighted by atomic mass is 19.1. The fourth-order valence-electron chi connectivity index (χ4n) is 4.03. The minimum atomic E-state index is -0.263. The lowest BCUT2D eigenvalue weighted by molar-refractivity contribution is 0.0968. The van der Waals surface area contributed by atoms with Crippen molar-refractivity contribution < 1.29 is 13.9 Å². The zero-order valence-corrected chi connectivity index (χ0v) is 17.0. The molecule has 29 heavy (non-hydrogen) atoms. The summed E-state index contributed by atoms with van der Waals surface area (Å²) < 4.78 is 20.3. The first-order valence-electron chi connectivity index (χ1n) is 10.0. The average Bonchev–Trinajstić information content (AvgIpc) is 3.05. The van der Waals surface area contributed by atoms with Gasteiger partial charge in [-0.1, -0.05) is 12.1 Å². The number of likely N-dealkylation sites (tertiary alicyclic amines) is 1. The van der Waals surface area contributed by atoms with Crippen LogP contribution in [0.15, 0.2) is 30.3 Å². The second kappa shape index (κ2) is 7.81. The molecule has 1 fully saturated rings. The van der Waals surface area contributed by atoms with Gasteiger partial charge in [-0.2, -0.15) is 5.10 Å². The van der Waals surface area contributed by atoms with E-state index in [0.29, 0.717) is 19.7 Å². The molecule has 0 N–H and O–H groups in total. The summed E-state index contributed by atoms with van der Waals surface area (Å²) in [5.74, 6) is 0.0155. The molecule has 152 valence electrons. The lowest BCUT2D eigenvalue weighted by atomic mass is 9.93. The van der Waals surface area contributed by atoms with Gasteiger partial charge in [0, 0.05) is 36.0 Å². The van der Waals surface area contributed by atoms with Gasteiger partial charge in [-0.3, -0.25) is 0 Å². The number of fused-ring (bicyclic) bond motifs is 1. The lowest BCUT2D eigenvalue weighted by Gasteiger charge is -2.31. The average molecular weight is 396 g/mol. The van der Waals surface area contributed by atoms with Gasteiger partial charge >= 0.3 is 6.09 Å². The molecule has 2 aromatic heterocycles. The number of carbonyl (C=O) groups is 1. The van der Waals surface area contributed by atoms with E-state index < -0.39 is 0 Å². The van der Waals surface area contributed by atoms with Crippen LogP contribution in [0.2, 0.25) is 0 Å². The van der Waals surface area contributed by atoms with Gasteiger partial charge in [0.2, 0.25) is 0 Å². The number of halogens is 1. The zero-order valence-electron chi connectivity index (χ0n) is 17.0. The maximum absolute atomic E-state index is 13.4. The third kappa shape index (κ3) is 3.69. The van der Waals surface area contributed by atoms with E-state index in [4.69, 9.17) is 9.72 Å². The summed E-state index contributed by atoms with van der Waals surface area (Å²) >= 11 is 0. The molecule has 0 atom stereocenters. The van der Waals surface area contributed by atoms with Crippen molar-refractivity contribution in [2.24, 2.45) is 0 Å². The Morgan fingerprint density at radius 3 is 2.55 bits per heavy atom. The van der Waals surface area contributed by atoms with Crippen LogP contribution in [-0.4, -0.2) is 45.3 Å². The van der Waals surface area contributed by atoms with Gasteiger partial charge in [0.1, 0.15) is 5.82 Å².